The molecule has 2 aromatic rings. The van der Waals surface area contributed by atoms with Crippen molar-refractivity contribution >= 4 is 23.6 Å². The number of amides is 1. The molecule has 1 amide bonds. The van der Waals surface area contributed by atoms with Crippen LogP contribution in [-0.2, 0) is 20.1 Å². The number of carbonyl (C=O) groups excluding carboxylic acids is 1. The summed E-state index contributed by atoms with van der Waals surface area (Å²) < 4.78 is 10.2. The lowest BCUT2D eigenvalue weighted by Crippen LogP contribution is -2.38. The van der Waals surface area contributed by atoms with E-state index in [0.29, 0.717) is 11.6 Å². The van der Waals surface area contributed by atoms with Crippen LogP contribution in [0.15, 0.2) is 41.0 Å². The Hall–Kier alpha value is -2.32. The number of nitrogens with one attached hydrogen (secondary N) is 1. The van der Waals surface area contributed by atoms with Gasteiger partial charge in [-0.2, -0.15) is 0 Å². The maximum atomic E-state index is 11.7. The summed E-state index contributed by atoms with van der Waals surface area (Å²) >= 11 is 1.37. The molecule has 7 nitrogen and oxygen atoms in total. The van der Waals surface area contributed by atoms with Crippen molar-refractivity contribution in [2.75, 3.05) is 19.4 Å². The van der Waals surface area contributed by atoms with Crippen LogP contribution < -0.4 is 5.32 Å². The van der Waals surface area contributed by atoms with Gasteiger partial charge in [0, 0.05) is 18.4 Å². The molecule has 0 saturated heterocycles. The fourth-order valence-electron chi connectivity index (χ4n) is 1.86. The molecule has 0 bridgehead atoms. The number of carbonyl (C=O) groups is 2. The summed E-state index contributed by atoms with van der Waals surface area (Å²) in [5, 5.41) is 11.3. The monoisotopic (exact) mass is 350 g/mol. The van der Waals surface area contributed by atoms with Gasteiger partial charge in [0.05, 0.1) is 18.0 Å². The molecule has 0 fully saturated rings. The Bertz CT molecular complexity index is 674. The number of thioether (sulfide) groups is 1. The summed E-state index contributed by atoms with van der Waals surface area (Å²) in [6.07, 6.45) is 0.529. The summed E-state index contributed by atoms with van der Waals surface area (Å²) in [5.41, 5.74) is 1.64. The number of methoxy groups -OCH3 is 1. The zero-order chi connectivity index (χ0) is 17.4. The van der Waals surface area contributed by atoms with Gasteiger partial charge in [-0.25, -0.2) is 9.78 Å². The SMILES string of the molecule is COC(CNC(=O)CSCc1coc(-c2ccccc2)n1)C(=O)O. The number of ether oxygens (including phenoxy) is 1. The molecule has 1 aromatic heterocycles. The standard InChI is InChI=1S/C16H18N2O5S/c1-22-13(16(20)21)7-17-14(19)10-24-9-12-8-23-15(18-12)11-5-3-2-4-6-11/h2-6,8,13H,7,9-10H2,1H3,(H,17,19)(H,20,21). The number of carboxylic acid groups (broad SMARTS) is 1. The van der Waals surface area contributed by atoms with E-state index in [1.807, 2.05) is 30.3 Å². The quantitative estimate of drug-likeness (QED) is 0.711. The van der Waals surface area contributed by atoms with E-state index < -0.39 is 12.1 Å². The van der Waals surface area contributed by atoms with Crippen molar-refractivity contribution in [2.45, 2.75) is 11.9 Å². The molecule has 0 radical (unpaired) electrons. The Kier molecular flexibility index (Phi) is 6.83. The largest absolute Gasteiger partial charge is 0.479 e. The minimum atomic E-state index is -1.11. The Morgan fingerprint density at radius 1 is 1.38 bits per heavy atom. The smallest absolute Gasteiger partial charge is 0.334 e. The molecule has 2 N–H and O–H groups in total. The molecule has 0 aliphatic rings. The van der Waals surface area contributed by atoms with Crippen LogP contribution in [0.2, 0.25) is 0 Å². The normalized spacial score (nSPS) is 11.9. The number of carboxylic acids is 1. The third kappa shape index (κ3) is 5.39. The van der Waals surface area contributed by atoms with Crippen LogP contribution in [0.3, 0.4) is 0 Å². The summed E-state index contributed by atoms with van der Waals surface area (Å²) in [6.45, 7) is -0.0622. The molecule has 1 aromatic carbocycles. The third-order valence-corrected chi connectivity index (χ3v) is 4.07. The number of aliphatic carboxylic acids is 1. The van der Waals surface area contributed by atoms with Crippen LogP contribution in [0.4, 0.5) is 0 Å². The molecule has 8 heteroatoms. The fraction of sp³-hybridized carbons (Fsp3) is 0.312. The highest BCUT2D eigenvalue weighted by Crippen LogP contribution is 2.20. The summed E-state index contributed by atoms with van der Waals surface area (Å²) in [5.74, 6) is -0.100. The summed E-state index contributed by atoms with van der Waals surface area (Å²) in [4.78, 5) is 26.8. The van der Waals surface area contributed by atoms with Crippen molar-refractivity contribution in [3.8, 4) is 11.5 Å². The van der Waals surface area contributed by atoms with Crippen LogP contribution in [0.25, 0.3) is 11.5 Å². The van der Waals surface area contributed by atoms with Crippen LogP contribution in [-0.4, -0.2) is 47.5 Å². The van der Waals surface area contributed by atoms with Crippen molar-refractivity contribution in [1.29, 1.82) is 0 Å². The lowest BCUT2D eigenvalue weighted by Gasteiger charge is -2.11. The summed E-state index contributed by atoms with van der Waals surface area (Å²) in [6, 6.07) is 9.54. The van der Waals surface area contributed by atoms with E-state index in [1.165, 1.54) is 18.9 Å². The fourth-order valence-corrected chi connectivity index (χ4v) is 2.60. The maximum Gasteiger partial charge on any atom is 0.334 e. The van der Waals surface area contributed by atoms with E-state index in [4.69, 9.17) is 14.3 Å². The molecule has 1 heterocycles. The molecule has 0 aliphatic heterocycles. The van der Waals surface area contributed by atoms with E-state index >= 15 is 0 Å². The molecule has 24 heavy (non-hydrogen) atoms. The minimum Gasteiger partial charge on any atom is -0.479 e. The van der Waals surface area contributed by atoms with E-state index in [1.54, 1.807) is 6.26 Å². The molecule has 0 saturated carbocycles. The van der Waals surface area contributed by atoms with Gasteiger partial charge in [-0.3, -0.25) is 4.79 Å². The predicted molar refractivity (Wildman–Crippen MR) is 89.5 cm³/mol. The first-order valence-corrected chi connectivity index (χ1v) is 8.35. The zero-order valence-electron chi connectivity index (χ0n) is 13.1. The van der Waals surface area contributed by atoms with Gasteiger partial charge in [0.25, 0.3) is 0 Å². The van der Waals surface area contributed by atoms with Gasteiger partial charge in [-0.1, -0.05) is 18.2 Å². The Labute approximate surface area is 143 Å². The first-order chi connectivity index (χ1) is 11.6. The van der Waals surface area contributed by atoms with Gasteiger partial charge >= 0.3 is 5.97 Å². The van der Waals surface area contributed by atoms with E-state index in [-0.39, 0.29) is 18.2 Å². The first-order valence-electron chi connectivity index (χ1n) is 7.20. The number of rotatable bonds is 9. The van der Waals surface area contributed by atoms with E-state index in [9.17, 15) is 9.59 Å². The number of nitrogens with zero attached hydrogens (tertiary/aromatic N) is 1. The molecule has 0 aliphatic carbocycles. The number of benzene rings is 1. The molecule has 0 spiro atoms. The highest BCUT2D eigenvalue weighted by Gasteiger charge is 2.17. The maximum absolute atomic E-state index is 11.7. The number of hydrogen-bond donors (Lipinski definition) is 2. The Balaban J connectivity index is 1.73. The second-order valence-electron chi connectivity index (χ2n) is 4.87. The lowest BCUT2D eigenvalue weighted by molar-refractivity contribution is -0.148. The van der Waals surface area contributed by atoms with E-state index in [0.717, 1.165) is 11.3 Å². The van der Waals surface area contributed by atoms with Gasteiger partial charge in [0.2, 0.25) is 11.8 Å². The second-order valence-corrected chi connectivity index (χ2v) is 5.86. The average Bonchev–Trinajstić information content (AvgIpc) is 3.05. The third-order valence-electron chi connectivity index (χ3n) is 3.10. The van der Waals surface area contributed by atoms with Crippen molar-refractivity contribution in [1.82, 2.24) is 10.3 Å². The molecule has 128 valence electrons. The van der Waals surface area contributed by atoms with Crippen LogP contribution in [0.1, 0.15) is 5.69 Å². The molecule has 2 rings (SSSR count). The molecule has 1 unspecified atom stereocenters. The van der Waals surface area contributed by atoms with Gasteiger partial charge in [0.1, 0.15) is 6.26 Å². The van der Waals surface area contributed by atoms with Crippen LogP contribution >= 0.6 is 11.8 Å². The van der Waals surface area contributed by atoms with Crippen LogP contribution in [0, 0.1) is 0 Å². The topological polar surface area (TPSA) is 102 Å². The predicted octanol–water partition coefficient (Wildman–Crippen LogP) is 1.79. The van der Waals surface area contributed by atoms with Gasteiger partial charge in [-0.15, -0.1) is 11.8 Å². The number of aromatic nitrogens is 1. The van der Waals surface area contributed by atoms with Crippen molar-refractivity contribution in [3.05, 3.63) is 42.3 Å². The van der Waals surface area contributed by atoms with Crippen molar-refractivity contribution in [2.24, 2.45) is 0 Å². The van der Waals surface area contributed by atoms with Crippen LogP contribution in [0.5, 0.6) is 0 Å². The zero-order valence-corrected chi connectivity index (χ0v) is 13.9. The second kappa shape index (κ2) is 9.09. The van der Waals surface area contributed by atoms with Gasteiger partial charge in [-0.05, 0) is 12.1 Å². The molecule has 1 atom stereocenters. The Morgan fingerprint density at radius 3 is 2.79 bits per heavy atom. The van der Waals surface area contributed by atoms with Crippen molar-refractivity contribution < 1.29 is 23.8 Å². The number of oxazole rings is 1. The lowest BCUT2D eigenvalue weighted by atomic mass is 10.2. The van der Waals surface area contributed by atoms with Crippen molar-refractivity contribution in [3.63, 3.8) is 0 Å². The highest BCUT2D eigenvalue weighted by atomic mass is 32.2. The molecular formula is C16H18N2O5S. The molecular weight excluding hydrogens is 332 g/mol. The Morgan fingerprint density at radius 2 is 2.12 bits per heavy atom. The highest BCUT2D eigenvalue weighted by molar-refractivity contribution is 7.99. The average molecular weight is 350 g/mol. The summed E-state index contributed by atoms with van der Waals surface area (Å²) in [7, 11) is 1.29. The van der Waals surface area contributed by atoms with Gasteiger partial charge < -0.3 is 19.6 Å². The first kappa shape index (κ1) is 18.0. The van der Waals surface area contributed by atoms with E-state index in [2.05, 4.69) is 10.3 Å². The number of hydrogen-bond acceptors (Lipinski definition) is 6. The van der Waals surface area contributed by atoms with Gasteiger partial charge in [0.15, 0.2) is 6.10 Å². The minimum absolute atomic E-state index is 0.0622.